The molecule has 39 heavy (non-hydrogen) atoms. The van der Waals surface area contributed by atoms with E-state index in [9.17, 15) is 18.0 Å². The minimum Gasteiger partial charge on any atom is -0.485 e. The topological polar surface area (TPSA) is 47.6 Å². The second-order valence-electron chi connectivity index (χ2n) is 9.60. The fourth-order valence-electron chi connectivity index (χ4n) is 5.12. The number of benzene rings is 3. The molecule has 4 nitrogen and oxygen atoms in total. The Labute approximate surface area is 230 Å². The number of nitrogens with one attached hydrogen (secondary N) is 1. The van der Waals surface area contributed by atoms with Crippen LogP contribution in [0.3, 0.4) is 0 Å². The van der Waals surface area contributed by atoms with E-state index in [1.807, 2.05) is 30.3 Å². The molecule has 0 amide bonds. The molecule has 1 aliphatic carbocycles. The zero-order valence-electron chi connectivity index (χ0n) is 21.7. The number of carbonyl (C=O) groups excluding carboxylic acids is 1. The molecule has 1 fully saturated rings. The van der Waals surface area contributed by atoms with E-state index in [1.54, 1.807) is 0 Å². The molecule has 0 spiro atoms. The van der Waals surface area contributed by atoms with Crippen molar-refractivity contribution in [2.75, 3.05) is 7.05 Å². The molecular weight excluding hydrogens is 534 g/mol. The summed E-state index contributed by atoms with van der Waals surface area (Å²) in [5.41, 5.74) is 0.525. The number of ether oxygens (including phenoxy) is 2. The lowest BCUT2D eigenvalue weighted by molar-refractivity contribution is -0.0521. The van der Waals surface area contributed by atoms with Gasteiger partial charge in [0.15, 0.2) is 17.3 Å². The standard InChI is InChI=1S/C23H15ClF4O3.C7H15N/c1-11(29)13-7-8-16(31-23(27)28)22(26)20(13)19-14-9-17(12-5-3-2-4-6-12)30-18(14)10-15(25)21(19)24;1-8-7-5-3-2-4-6-7/h2-8,10,17,23H,9H2,1H3;7-8H,2-6H2,1H3. The Morgan fingerprint density at radius 2 is 1.74 bits per heavy atom. The third-order valence-electron chi connectivity index (χ3n) is 7.08. The van der Waals surface area contributed by atoms with E-state index in [0.717, 1.165) is 29.8 Å². The van der Waals surface area contributed by atoms with Gasteiger partial charge in [0.2, 0.25) is 0 Å². The summed E-state index contributed by atoms with van der Waals surface area (Å²) in [5.74, 6) is -3.31. The van der Waals surface area contributed by atoms with E-state index in [1.165, 1.54) is 39.0 Å². The highest BCUT2D eigenvalue weighted by molar-refractivity contribution is 6.34. The molecule has 0 radical (unpaired) electrons. The molecule has 1 unspecified atom stereocenters. The van der Waals surface area contributed by atoms with Crippen LogP contribution in [0, 0.1) is 11.6 Å². The van der Waals surface area contributed by atoms with Gasteiger partial charge in [0, 0.05) is 40.8 Å². The Morgan fingerprint density at radius 1 is 1.05 bits per heavy atom. The van der Waals surface area contributed by atoms with Crippen LogP contribution in [0.15, 0.2) is 48.5 Å². The smallest absolute Gasteiger partial charge is 0.387 e. The first-order chi connectivity index (χ1) is 18.7. The number of Topliss-reactive ketones (excluding diaryl/α,β-unsaturated/α-hetero) is 1. The second kappa shape index (κ2) is 12.8. The number of alkyl halides is 2. The van der Waals surface area contributed by atoms with Crippen LogP contribution >= 0.6 is 11.6 Å². The predicted octanol–water partition coefficient (Wildman–Crippen LogP) is 8.30. The number of hydrogen-bond donors (Lipinski definition) is 1. The van der Waals surface area contributed by atoms with E-state index >= 15 is 4.39 Å². The van der Waals surface area contributed by atoms with E-state index in [2.05, 4.69) is 17.1 Å². The number of halogens is 5. The van der Waals surface area contributed by atoms with Gasteiger partial charge in [-0.25, -0.2) is 8.78 Å². The SMILES string of the molecule is CC(=O)c1ccc(OC(F)F)c(F)c1-c1c(Cl)c(F)cc2c1CC(c1ccccc1)O2.CNC1CCCCC1. The summed E-state index contributed by atoms with van der Waals surface area (Å²) in [6.07, 6.45) is 6.85. The first-order valence-corrected chi connectivity index (χ1v) is 13.3. The minimum atomic E-state index is -3.29. The van der Waals surface area contributed by atoms with Crippen molar-refractivity contribution in [2.45, 2.75) is 64.2 Å². The van der Waals surface area contributed by atoms with Crippen LogP contribution in [0.4, 0.5) is 17.6 Å². The zero-order valence-corrected chi connectivity index (χ0v) is 22.5. The molecule has 1 saturated carbocycles. The molecule has 0 saturated heterocycles. The van der Waals surface area contributed by atoms with Crippen molar-refractivity contribution in [1.82, 2.24) is 5.32 Å². The number of rotatable bonds is 6. The van der Waals surface area contributed by atoms with Crippen molar-refractivity contribution in [3.05, 3.63) is 81.9 Å². The van der Waals surface area contributed by atoms with Crippen LogP contribution in [0.2, 0.25) is 5.02 Å². The van der Waals surface area contributed by atoms with Crippen molar-refractivity contribution >= 4 is 17.4 Å². The predicted molar refractivity (Wildman–Crippen MR) is 143 cm³/mol. The van der Waals surface area contributed by atoms with Crippen molar-refractivity contribution in [3.63, 3.8) is 0 Å². The van der Waals surface area contributed by atoms with Gasteiger partial charge in [-0.05, 0) is 44.5 Å². The van der Waals surface area contributed by atoms with Crippen molar-refractivity contribution in [2.24, 2.45) is 0 Å². The monoisotopic (exact) mass is 563 g/mol. The maximum Gasteiger partial charge on any atom is 0.387 e. The Kier molecular flexibility index (Phi) is 9.51. The molecule has 3 aromatic carbocycles. The highest BCUT2D eigenvalue weighted by Gasteiger charge is 2.33. The van der Waals surface area contributed by atoms with Crippen LogP contribution < -0.4 is 14.8 Å². The fourth-order valence-corrected chi connectivity index (χ4v) is 5.38. The average Bonchev–Trinajstić information content (AvgIpc) is 3.35. The van der Waals surface area contributed by atoms with Crippen LogP contribution in [-0.2, 0) is 6.42 Å². The Morgan fingerprint density at radius 3 is 2.33 bits per heavy atom. The van der Waals surface area contributed by atoms with Crippen LogP contribution in [0.5, 0.6) is 11.5 Å². The Bertz CT molecular complexity index is 1310. The summed E-state index contributed by atoms with van der Waals surface area (Å²) in [6.45, 7) is -2.10. The summed E-state index contributed by atoms with van der Waals surface area (Å²) in [5, 5.41) is 2.87. The summed E-state index contributed by atoms with van der Waals surface area (Å²) in [6, 6.07) is 13.1. The summed E-state index contributed by atoms with van der Waals surface area (Å²) in [4.78, 5) is 12.2. The summed E-state index contributed by atoms with van der Waals surface area (Å²) < 4.78 is 65.5. The van der Waals surface area contributed by atoms with E-state index < -0.39 is 46.5 Å². The maximum atomic E-state index is 15.3. The fraction of sp³-hybridized carbons (Fsp3) is 0.367. The number of hydrogen-bond acceptors (Lipinski definition) is 4. The van der Waals surface area contributed by atoms with Crippen molar-refractivity contribution < 1.29 is 31.8 Å². The molecule has 2 aliphatic rings. The van der Waals surface area contributed by atoms with Crippen molar-refractivity contribution in [3.8, 4) is 22.6 Å². The Hall–Kier alpha value is -3.10. The average molecular weight is 564 g/mol. The van der Waals surface area contributed by atoms with Gasteiger partial charge < -0.3 is 14.8 Å². The van der Waals surface area contributed by atoms with Crippen LogP contribution in [0.1, 0.15) is 66.6 Å². The van der Waals surface area contributed by atoms with Gasteiger partial charge in [-0.2, -0.15) is 8.78 Å². The third-order valence-corrected chi connectivity index (χ3v) is 7.45. The van der Waals surface area contributed by atoms with Gasteiger partial charge in [0.25, 0.3) is 0 Å². The molecule has 3 aromatic rings. The highest BCUT2D eigenvalue weighted by Crippen LogP contribution is 2.48. The third kappa shape index (κ3) is 6.56. The van der Waals surface area contributed by atoms with Gasteiger partial charge in [0.05, 0.1) is 5.02 Å². The van der Waals surface area contributed by atoms with Gasteiger partial charge in [-0.1, -0.05) is 61.2 Å². The molecule has 9 heteroatoms. The first-order valence-electron chi connectivity index (χ1n) is 12.9. The summed E-state index contributed by atoms with van der Waals surface area (Å²) in [7, 11) is 2.07. The second-order valence-corrected chi connectivity index (χ2v) is 9.98. The first kappa shape index (κ1) is 28.9. The quantitative estimate of drug-likeness (QED) is 0.242. The van der Waals surface area contributed by atoms with E-state index in [-0.39, 0.29) is 23.3 Å². The summed E-state index contributed by atoms with van der Waals surface area (Å²) >= 11 is 6.21. The lowest BCUT2D eigenvalue weighted by Gasteiger charge is -2.20. The zero-order chi connectivity index (χ0) is 28.1. The number of ketones is 1. The highest BCUT2D eigenvalue weighted by atomic mass is 35.5. The van der Waals surface area contributed by atoms with Gasteiger partial charge in [-0.15, -0.1) is 0 Å². The van der Waals surface area contributed by atoms with Crippen LogP contribution in [-0.4, -0.2) is 25.5 Å². The lowest BCUT2D eigenvalue weighted by atomic mass is 9.90. The molecular formula is C30H30ClF4NO3. The Balaban J connectivity index is 0.000000379. The number of fused-ring (bicyclic) bond motifs is 1. The molecule has 1 aliphatic heterocycles. The molecule has 5 rings (SSSR count). The molecule has 0 bridgehead atoms. The van der Waals surface area contributed by atoms with Gasteiger partial charge in [0.1, 0.15) is 17.7 Å². The minimum absolute atomic E-state index is 0.113. The molecule has 208 valence electrons. The normalized spacial score (nSPS) is 16.8. The number of carbonyl (C=O) groups is 1. The van der Waals surface area contributed by atoms with Gasteiger partial charge >= 0.3 is 6.61 Å². The van der Waals surface area contributed by atoms with E-state index in [4.69, 9.17) is 16.3 Å². The van der Waals surface area contributed by atoms with Crippen molar-refractivity contribution in [1.29, 1.82) is 0 Å². The molecule has 1 N–H and O–H groups in total. The van der Waals surface area contributed by atoms with E-state index in [0.29, 0.717) is 5.56 Å². The largest absolute Gasteiger partial charge is 0.485 e. The maximum absolute atomic E-state index is 15.3. The van der Waals surface area contributed by atoms with Crippen LogP contribution in [0.25, 0.3) is 11.1 Å². The van der Waals surface area contributed by atoms with Gasteiger partial charge in [-0.3, -0.25) is 4.79 Å². The molecule has 0 aromatic heterocycles. The lowest BCUT2D eigenvalue weighted by Crippen LogP contribution is -2.26. The molecule has 1 heterocycles. The molecule has 1 atom stereocenters.